The Labute approximate surface area is 86.2 Å². The minimum atomic E-state index is -0.555. The van der Waals surface area contributed by atoms with Crippen molar-refractivity contribution in [3.8, 4) is 5.75 Å². The fourth-order valence-corrected chi connectivity index (χ4v) is 0.548. The molecular weight excluding hydrogens is 200 g/mol. The quantitative estimate of drug-likeness (QED) is 0.652. The van der Waals surface area contributed by atoms with Gasteiger partial charge in [0, 0.05) is 26.4 Å². The number of aromatic hydroxyl groups is 1. The van der Waals surface area contributed by atoms with Crippen molar-refractivity contribution in [3.63, 3.8) is 0 Å². The van der Waals surface area contributed by atoms with Crippen molar-refractivity contribution in [3.05, 3.63) is 28.2 Å². The van der Waals surface area contributed by atoms with E-state index in [1.165, 1.54) is 4.90 Å². The second kappa shape index (κ2) is 6.36. The number of H-pyrrole nitrogens is 1. The summed E-state index contributed by atoms with van der Waals surface area (Å²) in [4.78, 5) is 33.9. The summed E-state index contributed by atoms with van der Waals surface area (Å²) in [6.45, 7) is 0. The number of rotatable bonds is 2. The fourth-order valence-electron chi connectivity index (χ4n) is 0.548. The molecule has 1 aromatic rings. The van der Waals surface area contributed by atoms with Crippen LogP contribution < -0.4 is 5.43 Å². The van der Waals surface area contributed by atoms with Crippen LogP contribution >= 0.6 is 0 Å². The second-order valence-corrected chi connectivity index (χ2v) is 2.82. The van der Waals surface area contributed by atoms with E-state index in [0.29, 0.717) is 6.29 Å². The first kappa shape index (κ1) is 12.9. The topological polar surface area (TPSA) is 90.5 Å². The van der Waals surface area contributed by atoms with Gasteiger partial charge < -0.3 is 15.0 Å². The molecule has 1 aromatic heterocycles. The standard InChI is InChI=1S/C6H5NO3.C3H7NO/c8-3-4-1-5(9)6(10)2-7-4;1-4(2)3-5/h1-3,10H,(H,7,9);3H,1-2H3. The van der Waals surface area contributed by atoms with E-state index in [1.807, 2.05) is 0 Å². The number of pyridine rings is 1. The predicted octanol–water partition coefficient (Wildman–Crippen LogP) is -0.403. The summed E-state index contributed by atoms with van der Waals surface area (Å²) in [7, 11) is 3.38. The molecule has 6 heteroatoms. The van der Waals surface area contributed by atoms with E-state index in [2.05, 4.69) is 4.98 Å². The summed E-state index contributed by atoms with van der Waals surface area (Å²) in [5.41, 5.74) is -0.399. The average Bonchev–Trinajstić information content (AvgIpc) is 2.23. The van der Waals surface area contributed by atoms with Gasteiger partial charge in [-0.15, -0.1) is 0 Å². The molecule has 0 spiro atoms. The molecule has 82 valence electrons. The Balaban J connectivity index is 0.000000336. The Bertz CT molecular complexity index is 384. The van der Waals surface area contributed by atoms with Crippen LogP contribution in [0.1, 0.15) is 10.5 Å². The van der Waals surface area contributed by atoms with Gasteiger partial charge in [-0.05, 0) is 0 Å². The fraction of sp³-hybridized carbons (Fsp3) is 0.222. The van der Waals surface area contributed by atoms with Gasteiger partial charge in [-0.25, -0.2) is 0 Å². The van der Waals surface area contributed by atoms with Crippen molar-refractivity contribution < 1.29 is 14.7 Å². The second-order valence-electron chi connectivity index (χ2n) is 2.82. The van der Waals surface area contributed by atoms with E-state index in [-0.39, 0.29) is 11.4 Å². The molecule has 0 radical (unpaired) electrons. The van der Waals surface area contributed by atoms with E-state index >= 15 is 0 Å². The number of nitrogens with zero attached hydrogens (tertiary/aromatic N) is 1. The lowest BCUT2D eigenvalue weighted by Crippen LogP contribution is -2.06. The lowest BCUT2D eigenvalue weighted by molar-refractivity contribution is -0.115. The zero-order chi connectivity index (χ0) is 11.8. The number of amides is 1. The van der Waals surface area contributed by atoms with Crippen LogP contribution in [0.25, 0.3) is 0 Å². The summed E-state index contributed by atoms with van der Waals surface area (Å²) in [5.74, 6) is -0.384. The predicted molar refractivity (Wildman–Crippen MR) is 53.9 cm³/mol. The van der Waals surface area contributed by atoms with Crippen molar-refractivity contribution in [2.75, 3.05) is 14.1 Å². The van der Waals surface area contributed by atoms with E-state index in [4.69, 9.17) is 5.11 Å². The number of nitrogens with one attached hydrogen (secondary N) is 1. The summed E-state index contributed by atoms with van der Waals surface area (Å²) in [6, 6.07) is 1.03. The third kappa shape index (κ3) is 5.25. The first-order valence-corrected chi connectivity index (χ1v) is 4.00. The third-order valence-electron chi connectivity index (χ3n) is 1.25. The van der Waals surface area contributed by atoms with Crippen LogP contribution in [0.2, 0.25) is 0 Å². The van der Waals surface area contributed by atoms with Crippen molar-refractivity contribution in [1.82, 2.24) is 9.88 Å². The van der Waals surface area contributed by atoms with Crippen molar-refractivity contribution in [1.29, 1.82) is 0 Å². The van der Waals surface area contributed by atoms with Gasteiger partial charge in [0.05, 0.1) is 5.69 Å². The molecule has 0 unspecified atom stereocenters. The van der Waals surface area contributed by atoms with Crippen LogP contribution in [-0.2, 0) is 4.79 Å². The molecule has 1 rings (SSSR count). The van der Waals surface area contributed by atoms with E-state index in [1.54, 1.807) is 14.1 Å². The van der Waals surface area contributed by atoms with Gasteiger partial charge in [0.25, 0.3) is 0 Å². The molecule has 15 heavy (non-hydrogen) atoms. The highest BCUT2D eigenvalue weighted by atomic mass is 16.3. The number of aromatic nitrogens is 1. The first-order chi connectivity index (χ1) is 7.01. The molecule has 0 aliphatic carbocycles. The molecular formula is C9H12N2O4. The maximum Gasteiger partial charge on any atom is 0.223 e. The normalized spacial score (nSPS) is 8.40. The SMILES string of the molecule is CN(C)C=O.O=Cc1cc(=O)c(O)c[nH]1. The minimum absolute atomic E-state index is 0.155. The molecule has 0 atom stereocenters. The van der Waals surface area contributed by atoms with E-state index < -0.39 is 5.43 Å². The van der Waals surface area contributed by atoms with Crippen LogP contribution in [0, 0.1) is 0 Å². The van der Waals surface area contributed by atoms with Crippen LogP contribution in [0.15, 0.2) is 17.1 Å². The number of aldehydes is 1. The van der Waals surface area contributed by atoms with Gasteiger partial charge in [0.15, 0.2) is 12.0 Å². The zero-order valence-electron chi connectivity index (χ0n) is 8.43. The molecule has 0 saturated heterocycles. The molecule has 0 aliphatic rings. The van der Waals surface area contributed by atoms with Gasteiger partial charge in [0.2, 0.25) is 11.8 Å². The maximum atomic E-state index is 10.6. The Morgan fingerprint density at radius 1 is 1.40 bits per heavy atom. The Morgan fingerprint density at radius 3 is 2.27 bits per heavy atom. The number of carbonyl (C=O) groups is 2. The van der Waals surface area contributed by atoms with Gasteiger partial charge in [-0.2, -0.15) is 0 Å². The van der Waals surface area contributed by atoms with Crippen molar-refractivity contribution in [2.24, 2.45) is 0 Å². The Hall–Kier alpha value is -2.11. The van der Waals surface area contributed by atoms with Gasteiger partial charge in [0.1, 0.15) is 0 Å². The number of hydrogen-bond donors (Lipinski definition) is 2. The van der Waals surface area contributed by atoms with Crippen molar-refractivity contribution >= 4 is 12.7 Å². The Kier molecular flexibility index (Phi) is 5.47. The lowest BCUT2D eigenvalue weighted by atomic mass is 10.3. The first-order valence-electron chi connectivity index (χ1n) is 4.00. The molecule has 6 nitrogen and oxygen atoms in total. The highest BCUT2D eigenvalue weighted by Gasteiger charge is 1.95. The largest absolute Gasteiger partial charge is 0.503 e. The molecule has 0 aromatic carbocycles. The van der Waals surface area contributed by atoms with Gasteiger partial charge >= 0.3 is 0 Å². The molecule has 0 fully saturated rings. The third-order valence-corrected chi connectivity index (χ3v) is 1.25. The van der Waals surface area contributed by atoms with E-state index in [9.17, 15) is 14.4 Å². The summed E-state index contributed by atoms with van der Waals surface area (Å²) in [6.07, 6.45) is 2.33. The van der Waals surface area contributed by atoms with Crippen molar-refractivity contribution in [2.45, 2.75) is 0 Å². The van der Waals surface area contributed by atoms with Gasteiger partial charge in [-0.3, -0.25) is 14.4 Å². The number of aromatic amines is 1. The molecule has 1 heterocycles. The molecule has 0 saturated carbocycles. The monoisotopic (exact) mass is 212 g/mol. The zero-order valence-corrected chi connectivity index (χ0v) is 8.43. The molecule has 0 bridgehead atoms. The smallest absolute Gasteiger partial charge is 0.223 e. The highest BCUT2D eigenvalue weighted by molar-refractivity contribution is 5.71. The summed E-state index contributed by atoms with van der Waals surface area (Å²) >= 11 is 0. The Morgan fingerprint density at radius 2 is 1.93 bits per heavy atom. The van der Waals surface area contributed by atoms with Crippen LogP contribution in [0.3, 0.4) is 0 Å². The lowest BCUT2D eigenvalue weighted by Gasteiger charge is -1.93. The average molecular weight is 212 g/mol. The molecule has 0 aliphatic heterocycles. The summed E-state index contributed by atoms with van der Waals surface area (Å²) in [5, 5.41) is 8.68. The maximum absolute atomic E-state index is 10.6. The van der Waals surface area contributed by atoms with Crippen LogP contribution in [-0.4, -0.2) is 41.8 Å². The molecule has 2 N–H and O–H groups in total. The summed E-state index contributed by atoms with van der Waals surface area (Å²) < 4.78 is 0. The highest BCUT2D eigenvalue weighted by Crippen LogP contribution is 1.95. The van der Waals surface area contributed by atoms with Crippen LogP contribution in [0.5, 0.6) is 5.75 Å². The number of carbonyl (C=O) groups excluding carboxylic acids is 2. The molecule has 1 amide bonds. The van der Waals surface area contributed by atoms with Crippen LogP contribution in [0.4, 0.5) is 0 Å². The minimum Gasteiger partial charge on any atom is -0.503 e. The number of hydrogen-bond acceptors (Lipinski definition) is 4. The van der Waals surface area contributed by atoms with E-state index in [0.717, 1.165) is 18.7 Å². The van der Waals surface area contributed by atoms with Gasteiger partial charge in [-0.1, -0.05) is 0 Å².